The second-order valence-electron chi connectivity index (χ2n) is 7.28. The molecule has 31 heavy (non-hydrogen) atoms. The molecule has 2 aromatic carbocycles. The monoisotopic (exact) mass is 427 g/mol. The summed E-state index contributed by atoms with van der Waals surface area (Å²) in [6.45, 7) is -0.400. The highest BCUT2D eigenvalue weighted by Gasteiger charge is 2.25. The molecule has 0 atom stereocenters. The normalized spacial score (nSPS) is 13.6. The fourth-order valence-corrected chi connectivity index (χ4v) is 4.92. The summed E-state index contributed by atoms with van der Waals surface area (Å²) >= 11 is 1.31. The summed E-state index contributed by atoms with van der Waals surface area (Å²) in [5.74, 6) is -0.838. The van der Waals surface area contributed by atoms with Crippen molar-refractivity contribution in [2.45, 2.75) is 19.3 Å². The van der Waals surface area contributed by atoms with Crippen LogP contribution in [0.4, 0.5) is 0 Å². The first-order valence-corrected chi connectivity index (χ1v) is 10.7. The number of fused-ring (bicyclic) bond motifs is 3. The molecular formula is C24H17N3O3S. The van der Waals surface area contributed by atoms with E-state index in [9.17, 15) is 15.2 Å². The quantitative estimate of drug-likeness (QED) is 0.280. The van der Waals surface area contributed by atoms with Crippen LogP contribution in [0.2, 0.25) is 0 Å². The average molecular weight is 427 g/mol. The van der Waals surface area contributed by atoms with E-state index >= 15 is 0 Å². The standard InChI is InChI=1S/C24H17N3O3S/c25-12-16(23-27-19-9-3-4-11-21(19)31-23)20(28)13-30-24(29)22-14-6-1-2-8-17(14)26-18-10-5-7-15(18)22/h1-4,6,8-9,11,28H,5,7,10,13H2/b20-16-. The molecule has 6 nitrogen and oxygen atoms in total. The topological polar surface area (TPSA) is 96.1 Å². The van der Waals surface area contributed by atoms with Crippen LogP contribution in [0.3, 0.4) is 0 Å². The third-order valence-corrected chi connectivity index (χ3v) is 6.43. The first kappa shape index (κ1) is 19.2. The number of allylic oxidation sites excluding steroid dienone is 1. The van der Waals surface area contributed by atoms with Crippen LogP contribution in [-0.4, -0.2) is 27.7 Å². The highest BCUT2D eigenvalue weighted by atomic mass is 32.1. The van der Waals surface area contributed by atoms with E-state index in [1.54, 1.807) is 0 Å². The van der Waals surface area contributed by atoms with Crippen molar-refractivity contribution in [3.05, 3.63) is 76.1 Å². The van der Waals surface area contributed by atoms with Crippen molar-refractivity contribution in [1.29, 1.82) is 5.26 Å². The Bertz CT molecular complexity index is 1380. The van der Waals surface area contributed by atoms with Crippen molar-refractivity contribution in [1.82, 2.24) is 9.97 Å². The lowest BCUT2D eigenvalue weighted by atomic mass is 10.0. The molecule has 5 rings (SSSR count). The van der Waals surface area contributed by atoms with Gasteiger partial charge in [-0.15, -0.1) is 11.3 Å². The number of carbonyl (C=O) groups excluding carboxylic acids is 1. The number of nitriles is 1. The van der Waals surface area contributed by atoms with Crippen LogP contribution in [0, 0.1) is 11.3 Å². The summed E-state index contributed by atoms with van der Waals surface area (Å²) in [5, 5.41) is 21.2. The molecule has 1 aliphatic rings. The van der Waals surface area contributed by atoms with Gasteiger partial charge in [0.2, 0.25) is 0 Å². The van der Waals surface area contributed by atoms with Crippen molar-refractivity contribution in [3.8, 4) is 6.07 Å². The van der Waals surface area contributed by atoms with Gasteiger partial charge in [0.15, 0.2) is 5.76 Å². The van der Waals surface area contributed by atoms with Crippen LogP contribution in [-0.2, 0) is 17.6 Å². The zero-order valence-corrected chi connectivity index (χ0v) is 17.3. The summed E-state index contributed by atoms with van der Waals surface area (Å²) in [6, 6.07) is 17.0. The van der Waals surface area contributed by atoms with E-state index in [1.165, 1.54) is 11.3 Å². The molecule has 0 spiro atoms. The number of nitrogens with zero attached hydrogens (tertiary/aromatic N) is 3. The minimum absolute atomic E-state index is 0.0128. The molecule has 0 saturated carbocycles. The van der Waals surface area contributed by atoms with Gasteiger partial charge in [0, 0.05) is 11.1 Å². The molecular weight excluding hydrogens is 410 g/mol. The van der Waals surface area contributed by atoms with E-state index in [0.29, 0.717) is 10.6 Å². The van der Waals surface area contributed by atoms with Crippen LogP contribution < -0.4 is 0 Å². The fraction of sp³-hybridized carbons (Fsp3) is 0.167. The number of esters is 1. The maximum atomic E-state index is 13.0. The molecule has 0 aliphatic heterocycles. The van der Waals surface area contributed by atoms with E-state index in [-0.39, 0.29) is 11.3 Å². The number of aliphatic hydroxyl groups is 1. The second-order valence-corrected chi connectivity index (χ2v) is 8.31. The Morgan fingerprint density at radius 1 is 1.10 bits per heavy atom. The molecule has 0 bridgehead atoms. The zero-order valence-electron chi connectivity index (χ0n) is 16.5. The Hall–Kier alpha value is -3.76. The summed E-state index contributed by atoms with van der Waals surface area (Å²) in [6.07, 6.45) is 2.55. The van der Waals surface area contributed by atoms with Gasteiger partial charge in [-0.25, -0.2) is 9.78 Å². The number of rotatable bonds is 4. The number of carbonyl (C=O) groups is 1. The average Bonchev–Trinajstić information content (AvgIpc) is 3.42. The summed E-state index contributed by atoms with van der Waals surface area (Å²) < 4.78 is 6.36. The first-order chi connectivity index (χ1) is 15.2. The summed E-state index contributed by atoms with van der Waals surface area (Å²) in [5.41, 5.74) is 3.86. The van der Waals surface area contributed by atoms with E-state index in [4.69, 9.17) is 4.74 Å². The number of aliphatic hydroxyl groups excluding tert-OH is 1. The molecule has 152 valence electrons. The van der Waals surface area contributed by atoms with Crippen LogP contribution in [0.5, 0.6) is 0 Å². The highest BCUT2D eigenvalue weighted by molar-refractivity contribution is 7.19. The van der Waals surface area contributed by atoms with E-state index in [0.717, 1.165) is 51.6 Å². The number of hydrogen-bond donors (Lipinski definition) is 1. The Balaban J connectivity index is 1.46. The third kappa shape index (κ3) is 3.41. The van der Waals surface area contributed by atoms with Gasteiger partial charge in [0.05, 0.1) is 21.3 Å². The first-order valence-electron chi connectivity index (χ1n) is 9.91. The molecule has 2 aromatic heterocycles. The van der Waals surface area contributed by atoms with Gasteiger partial charge >= 0.3 is 5.97 Å². The minimum atomic E-state index is -0.523. The molecule has 0 fully saturated rings. The van der Waals surface area contributed by atoms with Crippen LogP contribution in [0.15, 0.2) is 54.3 Å². The number of aromatic nitrogens is 2. The second kappa shape index (κ2) is 7.82. The molecule has 4 aromatic rings. The van der Waals surface area contributed by atoms with Gasteiger partial charge in [-0.3, -0.25) is 4.98 Å². The highest BCUT2D eigenvalue weighted by Crippen LogP contribution is 2.31. The molecule has 0 unspecified atom stereocenters. The minimum Gasteiger partial charge on any atom is -0.507 e. The van der Waals surface area contributed by atoms with Gasteiger partial charge < -0.3 is 9.84 Å². The number of hydrogen-bond acceptors (Lipinski definition) is 7. The number of para-hydroxylation sites is 2. The summed E-state index contributed by atoms with van der Waals surface area (Å²) in [7, 11) is 0. The summed E-state index contributed by atoms with van der Waals surface area (Å²) in [4.78, 5) is 22.1. The Labute approximate surface area is 182 Å². The van der Waals surface area contributed by atoms with Crippen molar-refractivity contribution in [2.75, 3.05) is 6.61 Å². The van der Waals surface area contributed by atoms with Crippen molar-refractivity contribution in [2.24, 2.45) is 0 Å². The molecule has 1 aliphatic carbocycles. The zero-order chi connectivity index (χ0) is 21.4. The third-order valence-electron chi connectivity index (χ3n) is 5.37. The van der Waals surface area contributed by atoms with E-state index in [1.807, 2.05) is 54.6 Å². The lowest BCUT2D eigenvalue weighted by Gasteiger charge is -2.12. The number of benzene rings is 2. The van der Waals surface area contributed by atoms with Crippen molar-refractivity contribution < 1.29 is 14.6 Å². The largest absolute Gasteiger partial charge is 0.507 e. The molecule has 0 saturated heterocycles. The Kier molecular flexibility index (Phi) is 4.85. The fourth-order valence-electron chi connectivity index (χ4n) is 3.94. The van der Waals surface area contributed by atoms with Crippen molar-refractivity contribution >= 4 is 44.0 Å². The van der Waals surface area contributed by atoms with Gasteiger partial charge in [0.1, 0.15) is 23.3 Å². The number of pyridine rings is 1. The molecule has 0 amide bonds. The lowest BCUT2D eigenvalue weighted by molar-refractivity contribution is 0.0504. The molecule has 2 heterocycles. The molecule has 1 N–H and O–H groups in total. The van der Waals surface area contributed by atoms with Crippen LogP contribution in [0.25, 0.3) is 26.7 Å². The maximum Gasteiger partial charge on any atom is 0.339 e. The number of ether oxygens (including phenoxy) is 1. The Morgan fingerprint density at radius 2 is 1.87 bits per heavy atom. The number of aryl methyl sites for hydroxylation is 1. The van der Waals surface area contributed by atoms with E-state index < -0.39 is 12.6 Å². The smallest absolute Gasteiger partial charge is 0.339 e. The van der Waals surface area contributed by atoms with Crippen molar-refractivity contribution in [3.63, 3.8) is 0 Å². The lowest BCUT2D eigenvalue weighted by Crippen LogP contribution is -2.13. The van der Waals surface area contributed by atoms with E-state index in [2.05, 4.69) is 9.97 Å². The maximum absolute atomic E-state index is 13.0. The van der Waals surface area contributed by atoms with Crippen LogP contribution >= 0.6 is 11.3 Å². The van der Waals surface area contributed by atoms with Gasteiger partial charge in [-0.05, 0) is 43.0 Å². The predicted molar refractivity (Wildman–Crippen MR) is 119 cm³/mol. The van der Waals surface area contributed by atoms with Crippen LogP contribution in [0.1, 0.15) is 33.0 Å². The van der Waals surface area contributed by atoms with Gasteiger partial charge in [0.25, 0.3) is 0 Å². The molecule has 0 radical (unpaired) electrons. The Morgan fingerprint density at radius 3 is 2.68 bits per heavy atom. The number of thiazole rings is 1. The van der Waals surface area contributed by atoms with Gasteiger partial charge in [-0.1, -0.05) is 30.3 Å². The molecule has 7 heteroatoms. The van der Waals surface area contributed by atoms with Gasteiger partial charge in [-0.2, -0.15) is 5.26 Å². The predicted octanol–water partition coefficient (Wildman–Crippen LogP) is 4.98. The SMILES string of the molecule is N#C/C(=C(/O)COC(=O)c1c2c(nc3ccccc13)CCC2)c1nc2ccccc2s1.